The lowest BCUT2D eigenvalue weighted by molar-refractivity contribution is -0.144. The number of nitrogens with one attached hydrogen (secondary N) is 7. The third-order valence-electron chi connectivity index (χ3n) is 16.1. The number of ether oxygens (including phenoxy) is 1. The fourth-order valence-corrected chi connectivity index (χ4v) is 11.3. The van der Waals surface area contributed by atoms with Crippen molar-refractivity contribution in [3.05, 3.63) is 136 Å². The number of carbonyl (C=O) groups is 7. The maximum absolute atomic E-state index is 14.6. The van der Waals surface area contributed by atoms with Gasteiger partial charge in [0.25, 0.3) is 5.91 Å². The molecule has 2 fully saturated rings. The molecule has 2 aliphatic carbocycles. The Morgan fingerprint density at radius 1 is 0.615 bits per heavy atom. The summed E-state index contributed by atoms with van der Waals surface area (Å²) in [5.41, 5.74) is 5.93. The molecule has 2 heterocycles. The molecule has 8 rings (SSSR count). The molecule has 4 aromatic rings. The van der Waals surface area contributed by atoms with Crippen LogP contribution in [0.3, 0.4) is 0 Å². The molecule has 7 amide bonds. The van der Waals surface area contributed by atoms with Crippen molar-refractivity contribution < 1.29 is 38.3 Å². The van der Waals surface area contributed by atoms with Gasteiger partial charge in [0.1, 0.15) is 36.5 Å². The normalized spacial score (nSPS) is 21.4. The van der Waals surface area contributed by atoms with Crippen LogP contribution in [0.2, 0.25) is 0 Å². The number of hydrogen-bond acceptors (Lipinski definition) is 10. The first kappa shape index (κ1) is 57.1. The van der Waals surface area contributed by atoms with Crippen LogP contribution in [-0.2, 0) is 54.6 Å². The van der Waals surface area contributed by atoms with E-state index >= 15 is 0 Å². The van der Waals surface area contributed by atoms with Gasteiger partial charge in [-0.2, -0.15) is 0 Å². The van der Waals surface area contributed by atoms with Crippen molar-refractivity contribution in [2.75, 3.05) is 27.2 Å². The molecule has 17 heteroatoms. The van der Waals surface area contributed by atoms with Crippen LogP contribution in [0.15, 0.2) is 97.1 Å². The lowest BCUT2D eigenvalue weighted by atomic mass is 9.85. The van der Waals surface area contributed by atoms with Crippen LogP contribution in [0.1, 0.15) is 135 Å². The zero-order valence-corrected chi connectivity index (χ0v) is 46.3. The molecule has 9 atom stereocenters. The highest BCUT2D eigenvalue weighted by atomic mass is 16.5. The molecule has 0 radical (unpaired) electrons. The van der Waals surface area contributed by atoms with Crippen molar-refractivity contribution in [2.24, 2.45) is 5.41 Å². The third kappa shape index (κ3) is 13.8. The summed E-state index contributed by atoms with van der Waals surface area (Å²) in [5, 5.41) is 21.3. The van der Waals surface area contributed by atoms with Gasteiger partial charge in [0.05, 0.1) is 24.2 Å². The van der Waals surface area contributed by atoms with Gasteiger partial charge in [-0.1, -0.05) is 93.6 Å². The number of amides is 7. The first-order valence-corrected chi connectivity index (χ1v) is 27.9. The molecule has 0 saturated carbocycles. The molecule has 4 aromatic carbocycles. The van der Waals surface area contributed by atoms with Crippen molar-refractivity contribution in [1.82, 2.24) is 47.0 Å². The summed E-state index contributed by atoms with van der Waals surface area (Å²) >= 11 is 0. The summed E-state index contributed by atoms with van der Waals surface area (Å²) in [6.45, 7) is 9.75. The predicted molar refractivity (Wildman–Crippen MR) is 298 cm³/mol. The Kier molecular flexibility index (Phi) is 18.7. The van der Waals surface area contributed by atoms with E-state index in [1.54, 1.807) is 57.1 Å². The number of fused-ring (bicyclic) bond motifs is 2. The monoisotopic (exact) mass is 1070 g/mol. The molecule has 17 nitrogen and oxygen atoms in total. The first-order valence-electron chi connectivity index (χ1n) is 27.9. The molecule has 7 N–H and O–H groups in total. The van der Waals surface area contributed by atoms with Crippen LogP contribution in [0.4, 0.5) is 0 Å². The Balaban J connectivity index is 0.886. The highest BCUT2D eigenvalue weighted by Crippen LogP contribution is 2.33. The Morgan fingerprint density at radius 2 is 1.17 bits per heavy atom. The number of benzene rings is 4. The van der Waals surface area contributed by atoms with E-state index in [1.807, 2.05) is 75.4 Å². The minimum absolute atomic E-state index is 0.0773. The molecule has 0 aromatic heterocycles. The number of carbonyl (C=O) groups excluding carboxylic acids is 7. The van der Waals surface area contributed by atoms with Crippen molar-refractivity contribution in [2.45, 2.75) is 160 Å². The van der Waals surface area contributed by atoms with Crippen LogP contribution in [0.25, 0.3) is 0 Å². The number of hydrogen-bond donors (Lipinski definition) is 7. The van der Waals surface area contributed by atoms with Crippen LogP contribution < -0.4 is 42.0 Å². The summed E-state index contributed by atoms with van der Waals surface area (Å²) in [5.74, 6) is -1.61. The van der Waals surface area contributed by atoms with E-state index in [9.17, 15) is 33.6 Å². The standard InChI is InChI=1S/C61H79N9O8/c1-37(62-6)54(71)67-50(59(76)69-32-14-23-51(69)57(74)65-48-21-12-17-41-15-8-10-19-46(41)48)33-39-26-30-45(31-27-39)78-36-40-24-28-43(29-25-40)56(73)64-44-34-52(58(75)66-49-22-13-18-42-16-9-11-20-47(42)49)70(35-44)60(77)53(61(3,4)5)68-55(72)38(2)63-7/h8-11,15-16,19-20,24-31,37-38,44,48-53,62-63H,12-14,17-18,21-23,32-36H2,1-7H3,(H,64,73)(H,65,74)(H,66,75)(H,67,71)(H,68,72)/t37?,38?,44-,48+,49+,50?,51?,52-,53?/m0/s1. The quantitative estimate of drug-likeness (QED) is 0.0658. The number of aryl methyl sites for hydroxylation is 2. The summed E-state index contributed by atoms with van der Waals surface area (Å²) in [7, 11) is 3.35. The van der Waals surface area contributed by atoms with Gasteiger partial charge in [0.2, 0.25) is 35.4 Å². The summed E-state index contributed by atoms with van der Waals surface area (Å²) in [6.07, 6.45) is 7.02. The lowest BCUT2D eigenvalue weighted by Gasteiger charge is -2.36. The van der Waals surface area contributed by atoms with Crippen molar-refractivity contribution in [3.63, 3.8) is 0 Å². The largest absolute Gasteiger partial charge is 0.489 e. The second-order valence-electron chi connectivity index (χ2n) is 22.6. The van der Waals surface area contributed by atoms with Crippen LogP contribution in [0, 0.1) is 5.41 Å². The van der Waals surface area contributed by atoms with Gasteiger partial charge in [0, 0.05) is 31.1 Å². The van der Waals surface area contributed by atoms with Gasteiger partial charge in [-0.25, -0.2) is 0 Å². The smallest absolute Gasteiger partial charge is 0.251 e. The average molecular weight is 1070 g/mol. The Morgan fingerprint density at radius 3 is 1.74 bits per heavy atom. The summed E-state index contributed by atoms with van der Waals surface area (Å²) in [6, 6.07) is 25.3. The van der Waals surface area contributed by atoms with Crippen molar-refractivity contribution in [3.8, 4) is 5.75 Å². The average Bonchev–Trinajstić information content (AvgIpc) is 4.12. The number of likely N-dealkylation sites (tertiary alicyclic amines) is 2. The van der Waals surface area contributed by atoms with Gasteiger partial charge in [-0.3, -0.25) is 33.6 Å². The molecule has 0 spiro atoms. The Bertz CT molecular complexity index is 2800. The highest BCUT2D eigenvalue weighted by Gasteiger charge is 2.46. The topological polar surface area (TPSA) is 219 Å². The molecular weight excluding hydrogens is 987 g/mol. The summed E-state index contributed by atoms with van der Waals surface area (Å²) in [4.78, 5) is 101. The first-order chi connectivity index (χ1) is 37.4. The SMILES string of the molecule is CNC(C)C(=O)NC(Cc1ccc(OCc2ccc(C(=O)N[C@H]3C[C@@H](C(=O)N[C@@H]4CCCc5ccccc54)N(C(=O)C(NC(=O)C(C)NC)C(C)(C)C)C3)cc2)cc1)C(=O)N1CCCC1C(=O)N[C@@H]1CCCc2ccccc21. The molecular formula is C61H79N9O8. The third-order valence-corrected chi connectivity index (χ3v) is 16.1. The van der Waals surface area contributed by atoms with E-state index < -0.39 is 53.6 Å². The second kappa shape index (κ2) is 25.6. The fraction of sp³-hybridized carbons (Fsp3) is 0.492. The summed E-state index contributed by atoms with van der Waals surface area (Å²) < 4.78 is 6.15. The number of rotatable bonds is 19. The van der Waals surface area contributed by atoms with Gasteiger partial charge in [0.15, 0.2) is 0 Å². The van der Waals surface area contributed by atoms with Gasteiger partial charge >= 0.3 is 0 Å². The van der Waals surface area contributed by atoms with Crippen LogP contribution in [0.5, 0.6) is 5.75 Å². The number of likely N-dealkylation sites (N-methyl/N-ethyl adjacent to an activating group) is 2. The second-order valence-corrected chi connectivity index (χ2v) is 22.6. The molecule has 2 saturated heterocycles. The Hall–Kier alpha value is -7.11. The Labute approximate surface area is 459 Å². The van der Waals surface area contributed by atoms with Crippen LogP contribution >= 0.6 is 0 Å². The zero-order valence-electron chi connectivity index (χ0n) is 46.3. The predicted octanol–water partition coefficient (Wildman–Crippen LogP) is 5.12. The molecule has 4 aliphatic rings. The van der Waals surface area contributed by atoms with Gasteiger partial charge < -0.3 is 51.8 Å². The van der Waals surface area contributed by atoms with Crippen molar-refractivity contribution in [1.29, 1.82) is 0 Å². The lowest BCUT2D eigenvalue weighted by Crippen LogP contribution is -2.59. The van der Waals surface area contributed by atoms with E-state index in [0.29, 0.717) is 30.7 Å². The van der Waals surface area contributed by atoms with Crippen LogP contribution in [-0.4, -0.2) is 121 Å². The molecule has 416 valence electrons. The molecule has 2 aliphatic heterocycles. The molecule has 5 unspecified atom stereocenters. The maximum Gasteiger partial charge on any atom is 0.251 e. The van der Waals surface area contributed by atoms with Gasteiger partial charge in [-0.15, -0.1) is 0 Å². The zero-order chi connectivity index (χ0) is 55.7. The minimum Gasteiger partial charge on any atom is -0.489 e. The molecule has 78 heavy (non-hydrogen) atoms. The highest BCUT2D eigenvalue weighted by molar-refractivity contribution is 5.97. The van der Waals surface area contributed by atoms with Crippen molar-refractivity contribution >= 4 is 41.4 Å². The number of nitrogens with zero attached hydrogens (tertiary/aromatic N) is 2. The van der Waals surface area contributed by atoms with E-state index in [4.69, 9.17) is 4.74 Å². The molecule has 0 bridgehead atoms. The van der Waals surface area contributed by atoms with E-state index in [-0.39, 0.29) is 73.5 Å². The van der Waals surface area contributed by atoms with E-state index in [0.717, 1.165) is 60.8 Å². The maximum atomic E-state index is 14.6. The van der Waals surface area contributed by atoms with E-state index in [2.05, 4.69) is 55.4 Å². The van der Waals surface area contributed by atoms with E-state index in [1.165, 1.54) is 16.0 Å². The van der Waals surface area contributed by atoms with Gasteiger partial charge in [-0.05, 0) is 149 Å². The fourth-order valence-electron chi connectivity index (χ4n) is 11.3. The minimum atomic E-state index is -0.940.